The van der Waals surface area contributed by atoms with Crippen LogP contribution in [0.5, 0.6) is 0 Å². The van der Waals surface area contributed by atoms with E-state index in [1.54, 1.807) is 63.0 Å². The zero-order valence-electron chi connectivity index (χ0n) is 53.8. The molecule has 8 aromatic rings. The quantitative estimate of drug-likeness (QED) is 0.103. The molecule has 1 amide bonds. The van der Waals surface area contributed by atoms with Gasteiger partial charge in [0.1, 0.15) is 11.4 Å². The van der Waals surface area contributed by atoms with Crippen molar-refractivity contribution in [1.29, 1.82) is 5.26 Å². The molecule has 8 heterocycles. The first kappa shape index (κ1) is 77.5. The average Bonchev–Trinajstić information content (AvgIpc) is 3.61. The van der Waals surface area contributed by atoms with Gasteiger partial charge in [-0.1, -0.05) is 171 Å². The molecular formula is C70H85Cl2F3N12O. The highest BCUT2D eigenvalue weighted by molar-refractivity contribution is 6.30. The van der Waals surface area contributed by atoms with Gasteiger partial charge in [-0.2, -0.15) is 18.4 Å². The van der Waals surface area contributed by atoms with Crippen molar-refractivity contribution in [2.75, 3.05) is 5.32 Å². The largest absolute Gasteiger partial charge is 0.433 e. The molecular weight excluding hydrogens is 1150 g/mol. The molecule has 0 radical (unpaired) electrons. The van der Waals surface area contributed by atoms with Crippen molar-refractivity contribution < 1.29 is 18.0 Å². The fourth-order valence-corrected chi connectivity index (χ4v) is 7.07. The molecule has 0 aliphatic heterocycles. The summed E-state index contributed by atoms with van der Waals surface area (Å²) in [5, 5.41) is 12.5. The van der Waals surface area contributed by atoms with Crippen LogP contribution in [0.4, 0.5) is 30.4 Å². The van der Waals surface area contributed by atoms with Gasteiger partial charge in [-0.25, -0.2) is 4.85 Å². The molecule has 88 heavy (non-hydrogen) atoms. The molecule has 0 aromatic carbocycles. The minimum Gasteiger partial charge on any atom is -0.361 e. The summed E-state index contributed by atoms with van der Waals surface area (Å²) in [6.45, 7) is 48.3. The Kier molecular flexibility index (Phi) is 36.6. The summed E-state index contributed by atoms with van der Waals surface area (Å²) in [5.41, 5.74) is 10.2. The maximum Gasteiger partial charge on any atom is 0.433 e. The minimum absolute atomic E-state index is 0.162. The van der Waals surface area contributed by atoms with Crippen molar-refractivity contribution in [3.8, 4) is 6.07 Å². The number of nitriles is 1. The Bertz CT molecular complexity index is 3260. The van der Waals surface area contributed by atoms with Gasteiger partial charge in [0.05, 0.1) is 40.1 Å². The van der Waals surface area contributed by atoms with Crippen molar-refractivity contribution in [2.45, 2.75) is 171 Å². The SMILES string of the molecule is CC(C)c1cc(C#N)ccn1.CC(C)c1ccc(Cl)cn1.CC(C)c1ccc(NC=O)cn1.CC(C)c1cccnc1C(F)(F)F.CC(C)c1cncc(Cl)c1.Cc1ccc(C(C)C)cn1.[C-]#[N+]c1ccc(C(C)C)nc1.[C-]#[N+]c1cccc(C(C)C)n1. The molecule has 0 aliphatic carbocycles. The maximum absolute atomic E-state index is 12.3. The van der Waals surface area contributed by atoms with Crippen LogP contribution < -0.4 is 5.32 Å². The lowest BCUT2D eigenvalue weighted by molar-refractivity contribution is -0.142. The molecule has 0 spiro atoms. The average molecular weight is 1240 g/mol. The van der Waals surface area contributed by atoms with E-state index in [-0.39, 0.29) is 11.5 Å². The summed E-state index contributed by atoms with van der Waals surface area (Å²) < 4.78 is 37.0. The summed E-state index contributed by atoms with van der Waals surface area (Å²) in [6, 6.07) is 31.5. The molecule has 0 saturated carbocycles. The number of rotatable bonds is 10. The van der Waals surface area contributed by atoms with Crippen LogP contribution in [0.25, 0.3) is 9.69 Å². The monoisotopic (exact) mass is 1240 g/mol. The second-order valence-corrected chi connectivity index (χ2v) is 23.0. The van der Waals surface area contributed by atoms with Gasteiger partial charge in [-0.05, 0) is 132 Å². The summed E-state index contributed by atoms with van der Waals surface area (Å²) in [5.74, 6) is 3.56. The van der Waals surface area contributed by atoms with Crippen LogP contribution >= 0.6 is 23.2 Å². The Balaban J connectivity index is 0.000000504. The van der Waals surface area contributed by atoms with E-state index in [9.17, 15) is 18.0 Å². The molecule has 18 heteroatoms. The minimum atomic E-state index is -4.35. The molecule has 0 fully saturated rings. The number of pyridine rings is 8. The highest BCUT2D eigenvalue weighted by Crippen LogP contribution is 2.33. The van der Waals surface area contributed by atoms with Gasteiger partial charge in [-0.3, -0.25) is 39.7 Å². The lowest BCUT2D eigenvalue weighted by Gasteiger charge is -2.13. The third-order valence-electron chi connectivity index (χ3n) is 12.1. The third kappa shape index (κ3) is 31.8. The van der Waals surface area contributed by atoms with E-state index in [0.29, 0.717) is 74.9 Å². The van der Waals surface area contributed by atoms with Crippen LogP contribution in [0, 0.1) is 31.4 Å². The molecule has 0 saturated heterocycles. The number of halogens is 5. The van der Waals surface area contributed by atoms with Crippen LogP contribution in [0.1, 0.15) is 220 Å². The molecule has 466 valence electrons. The Labute approximate surface area is 531 Å². The van der Waals surface area contributed by atoms with Gasteiger partial charge in [0, 0.05) is 77.8 Å². The lowest BCUT2D eigenvalue weighted by atomic mass is 10.0. The molecule has 0 aliphatic rings. The number of aryl methyl sites for hydroxylation is 1. The second kappa shape index (κ2) is 41.6. The number of anilines is 1. The Morgan fingerprint density at radius 2 is 1.10 bits per heavy atom. The zero-order valence-corrected chi connectivity index (χ0v) is 55.3. The van der Waals surface area contributed by atoms with E-state index in [4.69, 9.17) is 41.6 Å². The number of alkyl halides is 3. The number of amides is 1. The van der Waals surface area contributed by atoms with Crippen molar-refractivity contribution in [1.82, 2.24) is 39.9 Å². The number of hydrogen-bond acceptors (Lipinski definition) is 10. The van der Waals surface area contributed by atoms with Crippen molar-refractivity contribution in [2.24, 2.45) is 0 Å². The number of aromatic nitrogens is 8. The number of hydrogen-bond donors (Lipinski definition) is 1. The first-order valence-corrected chi connectivity index (χ1v) is 29.6. The predicted molar refractivity (Wildman–Crippen MR) is 353 cm³/mol. The highest BCUT2D eigenvalue weighted by atomic mass is 35.5. The fraction of sp³-hybridized carbons (Fsp3) is 0.371. The van der Waals surface area contributed by atoms with Gasteiger partial charge in [0.2, 0.25) is 12.1 Å². The van der Waals surface area contributed by atoms with Gasteiger partial charge >= 0.3 is 6.18 Å². The lowest BCUT2D eigenvalue weighted by Crippen LogP contribution is -2.12. The van der Waals surface area contributed by atoms with Crippen LogP contribution in [0.2, 0.25) is 10.0 Å². The van der Waals surface area contributed by atoms with Crippen LogP contribution in [-0.2, 0) is 11.0 Å². The third-order valence-corrected chi connectivity index (χ3v) is 12.6. The van der Waals surface area contributed by atoms with Crippen molar-refractivity contribution >= 4 is 46.8 Å². The van der Waals surface area contributed by atoms with Gasteiger partial charge < -0.3 is 10.2 Å². The van der Waals surface area contributed by atoms with E-state index in [2.05, 4.69) is 170 Å². The van der Waals surface area contributed by atoms with Crippen LogP contribution in [0.3, 0.4) is 0 Å². The van der Waals surface area contributed by atoms with E-state index < -0.39 is 11.9 Å². The first-order valence-electron chi connectivity index (χ1n) is 28.8. The van der Waals surface area contributed by atoms with Gasteiger partial charge in [0.15, 0.2) is 0 Å². The standard InChI is InChI=1S/C9H10F3N.C9H12N2O.3C9H10N2.C9H13N.2C8H10ClN/c1-6(2)7-4-3-5-13-8(7)9(10,11)12;1-7(2)9-4-3-8(5-10-9)11-6-12;1-7(2)9-5-4-8(10-3)6-11-9;1-7(2)8-5-4-6-9(10-3)11-8;1-7(2)9-5-8(6-10)3-4-11-9;1-7(2)9-5-4-8(3)10-6-9;1-6(2)7-3-8(9)5-10-4-7;1-6(2)8-4-3-7(9)5-10-8/h3-6H,1-2H3;3-7H,1-2H3,(H,11,12);2*4-7H,1-2H3;3-5,7H,1-2H3;4-7H,1-3H3;2*3-6H,1-2H3. The molecule has 0 unspecified atom stereocenters. The number of carbonyl (C=O) groups is 1. The van der Waals surface area contributed by atoms with Gasteiger partial charge in [-0.15, -0.1) is 4.98 Å². The smallest absolute Gasteiger partial charge is 0.361 e. The number of nitrogens with zero attached hydrogens (tertiary/aromatic N) is 11. The van der Waals surface area contributed by atoms with Crippen LogP contribution in [0.15, 0.2) is 147 Å². The topological polar surface area (TPSA) is 165 Å². The first-order chi connectivity index (χ1) is 41.5. The Morgan fingerprint density at radius 3 is 1.51 bits per heavy atom. The van der Waals surface area contributed by atoms with E-state index in [0.717, 1.165) is 46.0 Å². The molecule has 8 rings (SSSR count). The summed E-state index contributed by atoms with van der Waals surface area (Å²) in [7, 11) is 0. The Morgan fingerprint density at radius 1 is 0.523 bits per heavy atom. The van der Waals surface area contributed by atoms with E-state index >= 15 is 0 Å². The second-order valence-electron chi connectivity index (χ2n) is 22.1. The summed E-state index contributed by atoms with van der Waals surface area (Å²) in [6.07, 6.45) is 9.52. The molecule has 1 N–H and O–H groups in total. The number of nitrogens with one attached hydrogen (secondary N) is 1. The van der Waals surface area contributed by atoms with E-state index in [1.165, 1.54) is 23.3 Å². The highest BCUT2D eigenvalue weighted by Gasteiger charge is 2.35. The zero-order chi connectivity index (χ0) is 66.5. The molecule has 0 bridgehead atoms. The molecule has 13 nitrogen and oxygen atoms in total. The van der Waals surface area contributed by atoms with Crippen LogP contribution in [-0.4, -0.2) is 46.3 Å². The summed E-state index contributed by atoms with van der Waals surface area (Å²) in [4.78, 5) is 48.8. The summed E-state index contributed by atoms with van der Waals surface area (Å²) >= 11 is 11.4. The van der Waals surface area contributed by atoms with Crippen molar-refractivity contribution in [3.63, 3.8) is 0 Å². The van der Waals surface area contributed by atoms with Gasteiger partial charge in [0.25, 0.3) is 5.82 Å². The predicted octanol–water partition coefficient (Wildman–Crippen LogP) is 20.8. The normalized spacial score (nSPS) is 10.3. The van der Waals surface area contributed by atoms with Crippen molar-refractivity contribution in [3.05, 3.63) is 242 Å². The number of carbonyl (C=O) groups excluding carboxylic acids is 1. The molecule has 0 atom stereocenters. The maximum atomic E-state index is 12.3. The Hall–Kier alpha value is -8.49. The van der Waals surface area contributed by atoms with E-state index in [1.807, 2.05) is 73.9 Å². The molecule has 8 aromatic heterocycles. The fourth-order valence-electron chi connectivity index (χ4n) is 6.78.